The van der Waals surface area contributed by atoms with Crippen molar-refractivity contribution in [2.75, 3.05) is 7.11 Å². The molecule has 1 aromatic heterocycles. The molecule has 0 amide bonds. The van der Waals surface area contributed by atoms with Crippen molar-refractivity contribution in [2.24, 2.45) is 0 Å². The van der Waals surface area contributed by atoms with Gasteiger partial charge in [0.05, 0.1) is 24.5 Å². The molecule has 0 aliphatic rings. The minimum absolute atomic E-state index is 0.222. The van der Waals surface area contributed by atoms with Crippen molar-refractivity contribution in [3.63, 3.8) is 0 Å². The summed E-state index contributed by atoms with van der Waals surface area (Å²) in [6, 6.07) is 1.46. The fraction of sp³-hybridized carbons (Fsp3) is 0.583. The van der Waals surface area contributed by atoms with Crippen LogP contribution in [0.5, 0.6) is 5.75 Å². The maximum absolute atomic E-state index is 10.2. The lowest BCUT2D eigenvalue weighted by atomic mass is 9.76. The Morgan fingerprint density at radius 3 is 2.37 bits per heavy atom. The maximum Gasteiger partial charge on any atom is 0.495 e. The normalized spacial score (nSPS) is 12.4. The van der Waals surface area contributed by atoms with E-state index in [1.54, 1.807) is 27.7 Å². The van der Waals surface area contributed by atoms with Crippen LogP contribution >= 0.6 is 11.6 Å². The van der Waals surface area contributed by atoms with E-state index in [0.717, 1.165) is 0 Å². The van der Waals surface area contributed by atoms with Crippen molar-refractivity contribution in [1.82, 2.24) is 4.98 Å². The number of nitrogens with zero attached hydrogens (tertiary/aromatic N) is 1. The van der Waals surface area contributed by atoms with E-state index >= 15 is 0 Å². The molecule has 0 bridgehead atoms. The highest BCUT2D eigenvalue weighted by Crippen LogP contribution is 2.26. The van der Waals surface area contributed by atoms with Crippen molar-refractivity contribution in [3.05, 3.63) is 17.4 Å². The molecule has 0 aromatic carbocycles. The van der Waals surface area contributed by atoms with Crippen molar-refractivity contribution >= 4 is 24.2 Å². The highest BCUT2D eigenvalue weighted by molar-refractivity contribution is 6.61. The number of hydrogen-bond donors (Lipinski definition) is 2. The fourth-order valence-corrected chi connectivity index (χ4v) is 1.45. The summed E-state index contributed by atoms with van der Waals surface area (Å²) >= 11 is 5.80. The Hall–Kier alpha value is -0.815. The molecule has 0 fully saturated rings. The maximum atomic E-state index is 10.2. The highest BCUT2D eigenvalue weighted by atomic mass is 35.5. The molecule has 1 aromatic rings. The molecule has 19 heavy (non-hydrogen) atoms. The topological polar surface area (TPSA) is 71.8 Å². The molecule has 0 unspecified atom stereocenters. The van der Waals surface area contributed by atoms with Crippen LogP contribution in [0.3, 0.4) is 0 Å². The van der Waals surface area contributed by atoms with E-state index in [4.69, 9.17) is 21.0 Å². The summed E-state index contributed by atoms with van der Waals surface area (Å²) in [6.07, 6.45) is 1.40. The Labute approximate surface area is 118 Å². The Balaban J connectivity index is 3.01. The molecule has 0 atom stereocenters. The number of methoxy groups -OCH3 is 1. The summed E-state index contributed by atoms with van der Waals surface area (Å²) < 4.78 is 10.6. The largest absolute Gasteiger partial charge is 0.496 e. The average molecular weight is 288 g/mol. The van der Waals surface area contributed by atoms with E-state index in [1.165, 1.54) is 19.4 Å². The van der Waals surface area contributed by atoms with Crippen molar-refractivity contribution < 1.29 is 19.5 Å². The van der Waals surface area contributed by atoms with Gasteiger partial charge in [-0.3, -0.25) is 0 Å². The second-order valence-electron chi connectivity index (χ2n) is 5.29. The minimum Gasteiger partial charge on any atom is -0.496 e. The molecule has 0 spiro atoms. The zero-order chi connectivity index (χ0) is 14.8. The summed E-state index contributed by atoms with van der Waals surface area (Å²) in [4.78, 5) is 3.86. The van der Waals surface area contributed by atoms with Gasteiger partial charge in [-0.15, -0.1) is 0 Å². The van der Waals surface area contributed by atoms with Crippen LogP contribution in [0.15, 0.2) is 12.3 Å². The van der Waals surface area contributed by atoms with Crippen LogP contribution in [0.1, 0.15) is 27.7 Å². The predicted octanol–water partition coefficient (Wildman–Crippen LogP) is 0.997. The number of rotatable bonds is 5. The number of pyridine rings is 1. The average Bonchev–Trinajstić information content (AvgIpc) is 2.26. The van der Waals surface area contributed by atoms with Gasteiger partial charge in [0.25, 0.3) is 0 Å². The van der Waals surface area contributed by atoms with Crippen LogP contribution in [0.2, 0.25) is 5.15 Å². The third kappa shape index (κ3) is 3.83. The lowest BCUT2D eigenvalue weighted by Gasteiger charge is -2.38. The van der Waals surface area contributed by atoms with E-state index in [9.17, 15) is 10.1 Å². The van der Waals surface area contributed by atoms with Crippen molar-refractivity contribution in [1.29, 1.82) is 0 Å². The van der Waals surface area contributed by atoms with Crippen molar-refractivity contribution in [3.8, 4) is 5.75 Å². The molecule has 2 N–H and O–H groups in total. The Morgan fingerprint density at radius 1 is 1.32 bits per heavy atom. The first kappa shape index (κ1) is 16.2. The van der Waals surface area contributed by atoms with Gasteiger partial charge in [-0.25, -0.2) is 4.98 Å². The summed E-state index contributed by atoms with van der Waals surface area (Å²) in [6.45, 7) is 6.59. The number of halogens is 1. The second kappa shape index (κ2) is 5.67. The number of hydrogen-bond acceptors (Lipinski definition) is 5. The number of ether oxygens (including phenoxy) is 1. The van der Waals surface area contributed by atoms with E-state index in [-0.39, 0.29) is 5.15 Å². The lowest BCUT2D eigenvalue weighted by Crippen LogP contribution is -2.53. The van der Waals surface area contributed by atoms with Crippen LogP contribution in [0.4, 0.5) is 0 Å². The Bertz CT molecular complexity index is 448. The molecule has 0 aliphatic carbocycles. The van der Waals surface area contributed by atoms with E-state index in [2.05, 4.69) is 4.98 Å². The molecule has 5 nitrogen and oxygen atoms in total. The van der Waals surface area contributed by atoms with Gasteiger partial charge in [-0.1, -0.05) is 11.6 Å². The van der Waals surface area contributed by atoms with Crippen LogP contribution in [0.25, 0.3) is 0 Å². The third-order valence-corrected chi connectivity index (χ3v) is 3.44. The predicted molar refractivity (Wildman–Crippen MR) is 74.9 cm³/mol. The first-order valence-electron chi connectivity index (χ1n) is 5.86. The zero-order valence-corrected chi connectivity index (χ0v) is 12.5. The smallest absolute Gasteiger partial charge is 0.495 e. The fourth-order valence-electron chi connectivity index (χ4n) is 1.28. The Morgan fingerprint density at radius 2 is 1.89 bits per heavy atom. The first-order valence-corrected chi connectivity index (χ1v) is 6.24. The molecule has 0 saturated carbocycles. The minimum atomic E-state index is -1.28. The van der Waals surface area contributed by atoms with Gasteiger partial charge < -0.3 is 19.5 Å². The summed E-state index contributed by atoms with van der Waals surface area (Å²) in [5.41, 5.74) is -1.73. The standard InChI is InChI=1S/C12H19BClNO4/c1-11(2,16)12(3,4)19-13(17)8-6-10(14)15-7-9(8)18-5/h6-7,16-17H,1-5H3. The molecule has 0 radical (unpaired) electrons. The molecule has 7 heteroatoms. The monoisotopic (exact) mass is 287 g/mol. The molecular formula is C12H19BClNO4. The molecule has 0 saturated heterocycles. The summed E-state index contributed by atoms with van der Waals surface area (Å²) in [7, 11) is 0.180. The highest BCUT2D eigenvalue weighted by Gasteiger charge is 2.40. The van der Waals surface area contributed by atoms with E-state index in [0.29, 0.717) is 11.2 Å². The van der Waals surface area contributed by atoms with Crippen LogP contribution in [-0.2, 0) is 4.65 Å². The SMILES string of the molecule is COc1cnc(Cl)cc1B(O)OC(C)(C)C(C)(C)O. The van der Waals surface area contributed by atoms with Crippen LogP contribution in [-0.4, -0.2) is 40.5 Å². The number of aliphatic hydroxyl groups is 1. The molecule has 0 aliphatic heterocycles. The van der Waals surface area contributed by atoms with Crippen molar-refractivity contribution in [2.45, 2.75) is 38.9 Å². The molecule has 1 rings (SSSR count). The van der Waals surface area contributed by atoms with Gasteiger partial charge >= 0.3 is 7.12 Å². The molecule has 106 valence electrons. The zero-order valence-electron chi connectivity index (χ0n) is 11.8. The molecule has 1 heterocycles. The van der Waals surface area contributed by atoms with Gasteiger partial charge in [0.15, 0.2) is 0 Å². The summed E-state index contributed by atoms with van der Waals surface area (Å²) in [5.74, 6) is 0.364. The third-order valence-electron chi connectivity index (χ3n) is 3.23. The van der Waals surface area contributed by atoms with E-state index in [1.807, 2.05) is 0 Å². The van der Waals surface area contributed by atoms with E-state index < -0.39 is 18.3 Å². The summed E-state index contributed by atoms with van der Waals surface area (Å²) in [5, 5.41) is 20.4. The first-order chi connectivity index (χ1) is 8.58. The molecular weight excluding hydrogens is 268 g/mol. The Kier molecular flexibility index (Phi) is 4.84. The van der Waals surface area contributed by atoms with Gasteiger partial charge in [-0.05, 0) is 33.8 Å². The van der Waals surface area contributed by atoms with Crippen LogP contribution < -0.4 is 10.2 Å². The van der Waals surface area contributed by atoms with Gasteiger partial charge in [-0.2, -0.15) is 0 Å². The second-order valence-corrected chi connectivity index (χ2v) is 5.68. The van der Waals surface area contributed by atoms with Crippen LogP contribution in [0, 0.1) is 0 Å². The van der Waals surface area contributed by atoms with Gasteiger partial charge in [0.2, 0.25) is 0 Å². The van der Waals surface area contributed by atoms with Gasteiger partial charge in [0.1, 0.15) is 10.9 Å². The lowest BCUT2D eigenvalue weighted by molar-refractivity contribution is -0.0983. The quantitative estimate of drug-likeness (QED) is 0.624. The number of aromatic nitrogens is 1. The van der Waals surface area contributed by atoms with Gasteiger partial charge in [0, 0.05) is 5.46 Å².